The van der Waals surface area contributed by atoms with Gasteiger partial charge < -0.3 is 19.9 Å². The molecule has 2 N–H and O–H groups in total. The SMILES string of the molecule is CN1CCN(c2ccc(C(=O)Nc3n[nH]c4ccc(Cc5ccccc5)cc34)c(CC3CCOCC3)c2)CC1. The molecule has 7 heteroatoms. The second-order valence-electron chi connectivity index (χ2n) is 11.0. The molecule has 2 aliphatic heterocycles. The second kappa shape index (κ2) is 11.6. The molecule has 0 saturated carbocycles. The van der Waals surface area contributed by atoms with Crippen LogP contribution in [-0.2, 0) is 17.6 Å². The van der Waals surface area contributed by atoms with E-state index in [9.17, 15) is 4.79 Å². The molecular formula is C32H37N5O2. The first-order chi connectivity index (χ1) is 19.1. The molecule has 39 heavy (non-hydrogen) atoms. The van der Waals surface area contributed by atoms with Crippen LogP contribution in [0.25, 0.3) is 10.9 Å². The number of amides is 1. The monoisotopic (exact) mass is 523 g/mol. The number of carbonyl (C=O) groups excluding carboxylic acids is 1. The van der Waals surface area contributed by atoms with Crippen LogP contribution in [0, 0.1) is 5.92 Å². The maximum absolute atomic E-state index is 13.7. The van der Waals surface area contributed by atoms with Crippen LogP contribution >= 0.6 is 0 Å². The molecule has 0 aliphatic carbocycles. The number of nitrogens with one attached hydrogen (secondary N) is 2. The molecule has 2 aliphatic rings. The molecule has 1 amide bonds. The summed E-state index contributed by atoms with van der Waals surface area (Å²) >= 11 is 0. The lowest BCUT2D eigenvalue weighted by Gasteiger charge is -2.34. The zero-order valence-electron chi connectivity index (χ0n) is 22.7. The van der Waals surface area contributed by atoms with Gasteiger partial charge in [-0.25, -0.2) is 0 Å². The van der Waals surface area contributed by atoms with E-state index in [2.05, 4.69) is 80.9 Å². The van der Waals surface area contributed by atoms with Crippen LogP contribution in [0.4, 0.5) is 11.5 Å². The van der Waals surface area contributed by atoms with Crippen molar-refractivity contribution in [1.29, 1.82) is 0 Å². The van der Waals surface area contributed by atoms with Crippen molar-refractivity contribution in [3.05, 3.63) is 89.0 Å². The smallest absolute Gasteiger partial charge is 0.257 e. The molecule has 7 nitrogen and oxygen atoms in total. The third kappa shape index (κ3) is 6.00. The van der Waals surface area contributed by atoms with Crippen molar-refractivity contribution in [2.75, 3.05) is 56.7 Å². The third-order valence-corrected chi connectivity index (χ3v) is 8.16. The lowest BCUT2D eigenvalue weighted by molar-refractivity contribution is 0.0664. The summed E-state index contributed by atoms with van der Waals surface area (Å²) in [5.41, 5.74) is 6.40. The first kappa shape index (κ1) is 25.6. The summed E-state index contributed by atoms with van der Waals surface area (Å²) in [6, 6.07) is 23.1. The molecule has 1 aromatic heterocycles. The van der Waals surface area contributed by atoms with Crippen molar-refractivity contribution >= 4 is 28.3 Å². The number of aromatic nitrogens is 2. The minimum absolute atomic E-state index is 0.108. The van der Waals surface area contributed by atoms with Gasteiger partial charge in [0.2, 0.25) is 0 Å². The van der Waals surface area contributed by atoms with Crippen LogP contribution in [0.3, 0.4) is 0 Å². The molecule has 4 aromatic rings. The van der Waals surface area contributed by atoms with E-state index in [-0.39, 0.29) is 5.91 Å². The van der Waals surface area contributed by atoms with Gasteiger partial charge in [0.1, 0.15) is 0 Å². The van der Waals surface area contributed by atoms with Crippen LogP contribution in [0.1, 0.15) is 39.9 Å². The van der Waals surface area contributed by atoms with Gasteiger partial charge >= 0.3 is 0 Å². The highest BCUT2D eigenvalue weighted by atomic mass is 16.5. The van der Waals surface area contributed by atoms with Gasteiger partial charge in [-0.3, -0.25) is 9.89 Å². The Hall–Kier alpha value is -3.68. The van der Waals surface area contributed by atoms with Crippen molar-refractivity contribution < 1.29 is 9.53 Å². The summed E-state index contributed by atoms with van der Waals surface area (Å²) in [5.74, 6) is 0.994. The van der Waals surface area contributed by atoms with E-state index in [4.69, 9.17) is 4.74 Å². The van der Waals surface area contributed by atoms with E-state index in [1.807, 2.05) is 18.2 Å². The highest BCUT2D eigenvalue weighted by Crippen LogP contribution is 2.29. The predicted molar refractivity (Wildman–Crippen MR) is 157 cm³/mol. The summed E-state index contributed by atoms with van der Waals surface area (Å²) in [7, 11) is 2.17. The van der Waals surface area contributed by atoms with Gasteiger partial charge in [-0.2, -0.15) is 5.10 Å². The number of hydrogen-bond donors (Lipinski definition) is 2. The highest BCUT2D eigenvalue weighted by molar-refractivity contribution is 6.08. The number of carbonyl (C=O) groups is 1. The lowest BCUT2D eigenvalue weighted by atomic mass is 9.89. The van der Waals surface area contributed by atoms with Crippen molar-refractivity contribution in [1.82, 2.24) is 15.1 Å². The maximum atomic E-state index is 13.7. The molecule has 202 valence electrons. The quantitative estimate of drug-likeness (QED) is 0.352. The zero-order chi connectivity index (χ0) is 26.6. The fourth-order valence-corrected chi connectivity index (χ4v) is 5.77. The summed E-state index contributed by atoms with van der Waals surface area (Å²) in [6.45, 7) is 5.71. The summed E-state index contributed by atoms with van der Waals surface area (Å²) in [4.78, 5) is 18.5. The van der Waals surface area contributed by atoms with E-state index in [1.165, 1.54) is 16.8 Å². The van der Waals surface area contributed by atoms with Crippen LogP contribution in [0.2, 0.25) is 0 Å². The van der Waals surface area contributed by atoms with Crippen LogP contribution in [-0.4, -0.2) is 67.4 Å². The maximum Gasteiger partial charge on any atom is 0.257 e. The Morgan fingerprint density at radius 2 is 1.77 bits per heavy atom. The van der Waals surface area contributed by atoms with Gasteiger partial charge in [-0.15, -0.1) is 0 Å². The van der Waals surface area contributed by atoms with E-state index < -0.39 is 0 Å². The normalized spacial score (nSPS) is 17.0. The topological polar surface area (TPSA) is 73.5 Å². The van der Waals surface area contributed by atoms with E-state index in [1.54, 1.807) is 0 Å². The Bertz CT molecular complexity index is 1420. The summed E-state index contributed by atoms with van der Waals surface area (Å²) in [5, 5.41) is 11.6. The molecule has 2 fully saturated rings. The summed E-state index contributed by atoms with van der Waals surface area (Å²) < 4.78 is 5.60. The number of ether oxygens (including phenoxy) is 1. The van der Waals surface area contributed by atoms with Crippen molar-refractivity contribution in [2.45, 2.75) is 25.7 Å². The highest BCUT2D eigenvalue weighted by Gasteiger charge is 2.22. The average molecular weight is 524 g/mol. The van der Waals surface area contributed by atoms with Crippen molar-refractivity contribution in [3.63, 3.8) is 0 Å². The number of H-pyrrole nitrogens is 1. The second-order valence-corrected chi connectivity index (χ2v) is 11.0. The van der Waals surface area contributed by atoms with E-state index in [0.29, 0.717) is 11.7 Å². The molecule has 3 heterocycles. The van der Waals surface area contributed by atoms with Gasteiger partial charge in [0.05, 0.1) is 5.52 Å². The minimum Gasteiger partial charge on any atom is -0.381 e. The lowest BCUT2D eigenvalue weighted by Crippen LogP contribution is -2.44. The average Bonchev–Trinajstić information content (AvgIpc) is 3.36. The Labute approximate surface area is 230 Å². The van der Waals surface area contributed by atoms with Crippen molar-refractivity contribution in [2.24, 2.45) is 5.92 Å². The minimum atomic E-state index is -0.108. The summed E-state index contributed by atoms with van der Waals surface area (Å²) in [6.07, 6.45) is 3.79. The molecule has 3 aromatic carbocycles. The first-order valence-corrected chi connectivity index (χ1v) is 14.1. The molecule has 0 atom stereocenters. The fourth-order valence-electron chi connectivity index (χ4n) is 5.77. The fraction of sp³-hybridized carbons (Fsp3) is 0.375. The predicted octanol–water partition coefficient (Wildman–Crippen LogP) is 5.13. The number of piperazine rings is 1. The number of fused-ring (bicyclic) bond motifs is 1. The van der Waals surface area contributed by atoms with Crippen LogP contribution < -0.4 is 10.2 Å². The molecule has 0 bridgehead atoms. The largest absolute Gasteiger partial charge is 0.381 e. The van der Waals surface area contributed by atoms with E-state index in [0.717, 1.165) is 87.1 Å². The van der Waals surface area contributed by atoms with Gasteiger partial charge in [0, 0.05) is 56.0 Å². The van der Waals surface area contributed by atoms with Crippen molar-refractivity contribution in [3.8, 4) is 0 Å². The van der Waals surface area contributed by atoms with Gasteiger partial charge in [0.25, 0.3) is 5.91 Å². The molecule has 2 saturated heterocycles. The Morgan fingerprint density at radius 1 is 0.974 bits per heavy atom. The van der Waals surface area contributed by atoms with Gasteiger partial charge in [-0.1, -0.05) is 36.4 Å². The van der Waals surface area contributed by atoms with Crippen LogP contribution in [0.5, 0.6) is 0 Å². The number of aromatic amines is 1. The first-order valence-electron chi connectivity index (χ1n) is 14.1. The number of hydrogen-bond acceptors (Lipinski definition) is 5. The Kier molecular flexibility index (Phi) is 7.61. The number of benzene rings is 3. The van der Waals surface area contributed by atoms with Gasteiger partial charge in [-0.05, 0) is 85.7 Å². The number of nitrogens with zero attached hydrogens (tertiary/aromatic N) is 3. The zero-order valence-corrected chi connectivity index (χ0v) is 22.7. The molecule has 0 unspecified atom stereocenters. The van der Waals surface area contributed by atoms with E-state index >= 15 is 0 Å². The third-order valence-electron chi connectivity index (χ3n) is 8.16. The number of rotatable bonds is 7. The molecule has 6 rings (SSSR count). The number of likely N-dealkylation sites (N-methyl/N-ethyl adjacent to an activating group) is 1. The standard InChI is InChI=1S/C32H37N5O2/c1-36-13-15-37(16-14-36)27-8-9-28(26(22-27)20-24-11-17-39-18-12-24)32(38)33-31-29-21-25(7-10-30(29)34-35-31)19-23-5-3-2-4-6-23/h2-10,21-22,24H,11-20H2,1H3,(H2,33,34,35,38). The number of anilines is 2. The molecule has 0 spiro atoms. The Morgan fingerprint density at radius 3 is 2.56 bits per heavy atom. The molecular weight excluding hydrogens is 486 g/mol. The molecule has 0 radical (unpaired) electrons. The van der Waals surface area contributed by atoms with Gasteiger partial charge in [0.15, 0.2) is 5.82 Å². The van der Waals surface area contributed by atoms with Crippen LogP contribution in [0.15, 0.2) is 66.7 Å². The Balaban J connectivity index is 1.25.